The van der Waals surface area contributed by atoms with Gasteiger partial charge in [0.15, 0.2) is 0 Å². The fourth-order valence-corrected chi connectivity index (χ4v) is 3.20. The predicted molar refractivity (Wildman–Crippen MR) is 116 cm³/mol. The highest BCUT2D eigenvalue weighted by Gasteiger charge is 2.10. The first-order valence-corrected chi connectivity index (χ1v) is 10.9. The van der Waals surface area contributed by atoms with Crippen LogP contribution in [0.4, 0.5) is 0 Å². The van der Waals surface area contributed by atoms with Gasteiger partial charge in [-0.15, -0.1) is 0 Å². The van der Waals surface area contributed by atoms with Crippen molar-refractivity contribution >= 4 is 5.97 Å². The number of carbonyl (C=O) groups is 1. The van der Waals surface area contributed by atoms with E-state index in [9.17, 15) is 4.79 Å². The lowest BCUT2D eigenvalue weighted by Gasteiger charge is -2.09. The highest BCUT2D eigenvalue weighted by molar-refractivity contribution is 5.88. The van der Waals surface area contributed by atoms with Crippen molar-refractivity contribution in [3.63, 3.8) is 0 Å². The normalized spacial score (nSPS) is 12.0. The molecule has 0 aliphatic heterocycles. The predicted octanol–water partition coefficient (Wildman–Crippen LogP) is 6.79. The molecule has 0 bridgehead atoms. The number of benzene rings is 1. The second kappa shape index (κ2) is 12.3. The number of nitrogens with zero attached hydrogens (tertiary/aromatic N) is 1. The van der Waals surface area contributed by atoms with Crippen LogP contribution in [0.3, 0.4) is 0 Å². The Hall–Kier alpha value is -2.16. The second-order valence-corrected chi connectivity index (χ2v) is 7.82. The molecule has 0 saturated carbocycles. The first-order valence-electron chi connectivity index (χ1n) is 10.9. The Morgan fingerprint density at radius 3 is 2.25 bits per heavy atom. The molecule has 0 aliphatic carbocycles. The number of carbonyl (C=O) groups excluding carboxylic acids is 1. The van der Waals surface area contributed by atoms with Crippen LogP contribution >= 0.6 is 0 Å². The number of ether oxygens (including phenoxy) is 1. The number of hydrogen-bond donors (Lipinski definition) is 0. The first kappa shape index (κ1) is 22.1. The third-order valence-corrected chi connectivity index (χ3v) is 5.27. The van der Waals surface area contributed by atoms with E-state index < -0.39 is 5.97 Å². The van der Waals surface area contributed by atoms with Gasteiger partial charge in [-0.1, -0.05) is 77.5 Å². The van der Waals surface area contributed by atoms with E-state index >= 15 is 0 Å². The molecule has 0 amide bonds. The van der Waals surface area contributed by atoms with E-state index in [4.69, 9.17) is 4.74 Å². The highest BCUT2D eigenvalue weighted by atomic mass is 16.5. The van der Waals surface area contributed by atoms with Crippen molar-refractivity contribution in [2.75, 3.05) is 0 Å². The molecule has 1 aromatic heterocycles. The van der Waals surface area contributed by atoms with Crippen LogP contribution in [0.2, 0.25) is 0 Å². The number of unbranched alkanes of at least 4 members (excludes halogenated alkanes) is 5. The molecule has 0 radical (unpaired) electrons. The van der Waals surface area contributed by atoms with Gasteiger partial charge < -0.3 is 4.74 Å². The van der Waals surface area contributed by atoms with Crippen molar-refractivity contribution in [1.29, 1.82) is 0 Å². The Kier molecular flexibility index (Phi) is 9.74. The summed E-state index contributed by atoms with van der Waals surface area (Å²) in [6.45, 7) is 6.68. The zero-order valence-corrected chi connectivity index (χ0v) is 17.7. The van der Waals surface area contributed by atoms with Gasteiger partial charge in [-0.3, -0.25) is 0 Å². The van der Waals surface area contributed by atoms with E-state index in [2.05, 4.69) is 25.8 Å². The van der Waals surface area contributed by atoms with Crippen LogP contribution in [0.25, 0.3) is 0 Å². The number of pyridine rings is 1. The van der Waals surface area contributed by atoms with Crippen LogP contribution in [0, 0.1) is 5.92 Å². The largest absolute Gasteiger partial charge is 0.422 e. The van der Waals surface area contributed by atoms with Crippen LogP contribution in [-0.2, 0) is 12.8 Å². The lowest BCUT2D eigenvalue weighted by atomic mass is 9.99. The van der Waals surface area contributed by atoms with Gasteiger partial charge >= 0.3 is 5.97 Å². The molecule has 28 heavy (non-hydrogen) atoms. The summed E-state index contributed by atoms with van der Waals surface area (Å²) in [5, 5.41) is 0. The molecule has 152 valence electrons. The number of esters is 1. The maximum absolute atomic E-state index is 12.3. The van der Waals surface area contributed by atoms with E-state index in [1.165, 1.54) is 49.7 Å². The summed E-state index contributed by atoms with van der Waals surface area (Å²) in [4.78, 5) is 16.6. The number of aryl methyl sites for hydroxylation is 1. The number of aromatic nitrogens is 1. The molecule has 1 aromatic carbocycles. The molecular weight excluding hydrogens is 346 g/mol. The molecular formula is C25H35NO2. The summed E-state index contributed by atoms with van der Waals surface area (Å²) in [6.07, 6.45) is 12.7. The molecule has 0 spiro atoms. The standard InChI is InChI=1S/C25H35NO2/c1-4-6-7-8-9-10-11-22-14-17-24(26-19-22)25(27)28-23-15-12-21(13-16-23)18-20(3)5-2/h12-17,19-20H,4-11,18H2,1-3H3. The van der Waals surface area contributed by atoms with Gasteiger partial charge in [0.05, 0.1) is 0 Å². The van der Waals surface area contributed by atoms with Crippen molar-refractivity contribution in [2.45, 2.75) is 78.6 Å². The topological polar surface area (TPSA) is 39.2 Å². The molecule has 0 saturated heterocycles. The third kappa shape index (κ3) is 7.84. The smallest absolute Gasteiger partial charge is 0.362 e. The van der Waals surface area contributed by atoms with Crippen LogP contribution < -0.4 is 4.74 Å². The average Bonchev–Trinajstić information content (AvgIpc) is 2.72. The summed E-state index contributed by atoms with van der Waals surface area (Å²) in [7, 11) is 0. The van der Waals surface area contributed by atoms with E-state index in [0.29, 0.717) is 17.4 Å². The second-order valence-electron chi connectivity index (χ2n) is 7.82. The maximum Gasteiger partial charge on any atom is 0.362 e. The lowest BCUT2D eigenvalue weighted by molar-refractivity contribution is 0.0728. The molecule has 0 fully saturated rings. The number of rotatable bonds is 12. The summed E-state index contributed by atoms with van der Waals surface area (Å²) in [5.41, 5.74) is 2.81. The van der Waals surface area contributed by atoms with E-state index in [-0.39, 0.29) is 0 Å². The Morgan fingerprint density at radius 2 is 1.61 bits per heavy atom. The molecule has 2 aromatic rings. The molecule has 3 nitrogen and oxygen atoms in total. The molecule has 1 atom stereocenters. The van der Waals surface area contributed by atoms with Crippen LogP contribution in [0.5, 0.6) is 5.75 Å². The van der Waals surface area contributed by atoms with Gasteiger partial charge in [0.2, 0.25) is 0 Å². The summed E-state index contributed by atoms with van der Waals surface area (Å²) >= 11 is 0. The van der Waals surface area contributed by atoms with Crippen molar-refractivity contribution in [2.24, 2.45) is 5.92 Å². The highest BCUT2D eigenvalue weighted by Crippen LogP contribution is 2.17. The third-order valence-electron chi connectivity index (χ3n) is 5.27. The van der Waals surface area contributed by atoms with Crippen molar-refractivity contribution in [1.82, 2.24) is 4.98 Å². The van der Waals surface area contributed by atoms with E-state index in [0.717, 1.165) is 19.3 Å². The summed E-state index contributed by atoms with van der Waals surface area (Å²) in [6, 6.07) is 11.6. The molecule has 0 N–H and O–H groups in total. The lowest BCUT2D eigenvalue weighted by Crippen LogP contribution is -2.10. The minimum atomic E-state index is -0.402. The van der Waals surface area contributed by atoms with E-state index in [1.807, 2.05) is 30.3 Å². The number of hydrogen-bond acceptors (Lipinski definition) is 3. The molecule has 1 unspecified atom stereocenters. The van der Waals surface area contributed by atoms with Crippen molar-refractivity contribution < 1.29 is 9.53 Å². The molecule has 3 heteroatoms. The first-order chi connectivity index (χ1) is 13.6. The molecule has 0 aliphatic rings. The van der Waals surface area contributed by atoms with Gasteiger partial charge in [-0.05, 0) is 54.5 Å². The quantitative estimate of drug-likeness (QED) is 0.231. The van der Waals surface area contributed by atoms with Crippen LogP contribution in [0.15, 0.2) is 42.6 Å². The zero-order valence-electron chi connectivity index (χ0n) is 17.7. The van der Waals surface area contributed by atoms with Crippen LogP contribution in [0.1, 0.15) is 87.3 Å². The van der Waals surface area contributed by atoms with Gasteiger partial charge in [0, 0.05) is 6.20 Å². The molecule has 2 rings (SSSR count). The fourth-order valence-electron chi connectivity index (χ4n) is 3.20. The monoisotopic (exact) mass is 381 g/mol. The Balaban J connectivity index is 1.79. The van der Waals surface area contributed by atoms with Crippen LogP contribution in [-0.4, -0.2) is 11.0 Å². The summed E-state index contributed by atoms with van der Waals surface area (Å²) in [5.74, 6) is 0.823. The van der Waals surface area contributed by atoms with Gasteiger partial charge in [-0.2, -0.15) is 0 Å². The fraction of sp³-hybridized carbons (Fsp3) is 0.520. The average molecular weight is 382 g/mol. The van der Waals surface area contributed by atoms with Gasteiger partial charge in [0.1, 0.15) is 11.4 Å². The van der Waals surface area contributed by atoms with E-state index in [1.54, 1.807) is 12.3 Å². The molecule has 1 heterocycles. The Bertz CT molecular complexity index is 691. The minimum absolute atomic E-state index is 0.357. The van der Waals surface area contributed by atoms with Crippen molar-refractivity contribution in [3.8, 4) is 5.75 Å². The maximum atomic E-state index is 12.3. The Labute approximate surface area is 170 Å². The zero-order chi connectivity index (χ0) is 20.2. The van der Waals surface area contributed by atoms with Gasteiger partial charge in [0.25, 0.3) is 0 Å². The minimum Gasteiger partial charge on any atom is -0.422 e. The Morgan fingerprint density at radius 1 is 0.929 bits per heavy atom. The SMILES string of the molecule is CCCCCCCCc1ccc(C(=O)Oc2ccc(CC(C)CC)cc2)nc1. The summed E-state index contributed by atoms with van der Waals surface area (Å²) < 4.78 is 5.46. The van der Waals surface area contributed by atoms with Gasteiger partial charge in [-0.25, -0.2) is 9.78 Å². The van der Waals surface area contributed by atoms with Crippen molar-refractivity contribution in [3.05, 3.63) is 59.4 Å².